The van der Waals surface area contributed by atoms with Gasteiger partial charge in [-0.1, -0.05) is 140 Å². The van der Waals surface area contributed by atoms with E-state index in [-0.39, 0.29) is 23.5 Å². The molecule has 434 valence electrons. The Morgan fingerprint density at radius 2 is 1.07 bits per heavy atom. The van der Waals surface area contributed by atoms with Gasteiger partial charge in [-0.3, -0.25) is 19.4 Å². The summed E-state index contributed by atoms with van der Waals surface area (Å²) in [6.45, 7) is 5.49. The number of allylic oxidation sites excluding steroid dienone is 1. The number of H-pyrrole nitrogens is 1. The van der Waals surface area contributed by atoms with E-state index in [0.717, 1.165) is 29.6 Å². The fourth-order valence-corrected chi connectivity index (χ4v) is 9.36. The first-order valence-corrected chi connectivity index (χ1v) is 28.4. The number of hydrogen-bond acceptors (Lipinski definition) is 18. The molecule has 0 radical (unpaired) electrons. The van der Waals surface area contributed by atoms with Crippen molar-refractivity contribution in [2.75, 3.05) is 32.1 Å². The van der Waals surface area contributed by atoms with E-state index >= 15 is 0 Å². The Bertz CT molecular complexity index is 4270. The van der Waals surface area contributed by atoms with E-state index < -0.39 is 0 Å². The van der Waals surface area contributed by atoms with Crippen LogP contribution < -0.4 is 15.8 Å². The summed E-state index contributed by atoms with van der Waals surface area (Å²) in [6, 6.07) is 60.1. The third-order valence-corrected chi connectivity index (χ3v) is 13.5. The SMILES string of the molecule is C1=CCN=C1.C1=CN=NC1.C=c1[nH]c(=O)c2ccc3c4c(ccc1c42)C(=O)CC3=O.CN(C)c1ccccc1.c1cc2ccc3cccc4ccc(c1)c2c34.c1ccc(-c2nnc(-c3ccccc3)o2)cc1.c1cncnc1.c1nnco1.c1nncs1. The summed E-state index contributed by atoms with van der Waals surface area (Å²) >= 11 is 1.49. The van der Waals surface area contributed by atoms with Crippen LogP contribution in [0.15, 0.2) is 278 Å². The number of azo groups is 1. The lowest BCUT2D eigenvalue weighted by Crippen LogP contribution is -2.22. The molecule has 17 rings (SSSR count). The van der Waals surface area contributed by atoms with Crippen molar-refractivity contribution in [1.82, 2.24) is 45.5 Å². The number of ketones is 2. The molecular formula is C69H57N13O5S. The minimum absolute atomic E-state index is 0.103. The zero-order valence-electron chi connectivity index (χ0n) is 47.9. The van der Waals surface area contributed by atoms with Crippen molar-refractivity contribution < 1.29 is 18.4 Å². The van der Waals surface area contributed by atoms with Crippen LogP contribution in [0.3, 0.4) is 0 Å². The van der Waals surface area contributed by atoms with E-state index in [9.17, 15) is 14.4 Å². The number of pyridine rings is 1. The maximum Gasteiger partial charge on any atom is 0.256 e. The van der Waals surface area contributed by atoms with Gasteiger partial charge in [0.2, 0.25) is 24.6 Å². The number of nitrogens with zero attached hydrogens (tertiary/aromatic N) is 12. The number of carbonyl (C=O) groups is 2. The van der Waals surface area contributed by atoms with Gasteiger partial charge in [0, 0.05) is 93.7 Å². The Balaban J connectivity index is 0.000000125. The number of aromatic amines is 1. The highest BCUT2D eigenvalue weighted by Crippen LogP contribution is 2.35. The molecule has 0 fully saturated rings. The zero-order valence-corrected chi connectivity index (χ0v) is 48.7. The number of hydrogen-bond donors (Lipinski definition) is 1. The summed E-state index contributed by atoms with van der Waals surface area (Å²) in [5.41, 5.74) is 7.25. The van der Waals surface area contributed by atoms with Crippen molar-refractivity contribution in [2.24, 2.45) is 15.2 Å². The zero-order chi connectivity index (χ0) is 61.1. The average molecular weight is 1180 g/mol. The predicted molar refractivity (Wildman–Crippen MR) is 350 cm³/mol. The molecule has 14 aromatic rings. The number of rotatable bonds is 3. The van der Waals surface area contributed by atoms with Crippen LogP contribution in [0.2, 0.25) is 0 Å². The van der Waals surface area contributed by atoms with Gasteiger partial charge in [0.15, 0.2) is 11.6 Å². The molecule has 88 heavy (non-hydrogen) atoms. The van der Waals surface area contributed by atoms with Gasteiger partial charge in [-0.2, -0.15) is 10.2 Å². The van der Waals surface area contributed by atoms with E-state index in [2.05, 4.69) is 149 Å². The summed E-state index contributed by atoms with van der Waals surface area (Å²) in [7, 11) is 4.07. The Morgan fingerprint density at radius 3 is 1.43 bits per heavy atom. The summed E-state index contributed by atoms with van der Waals surface area (Å²) in [5, 5.41) is 40.0. The lowest BCUT2D eigenvalue weighted by molar-refractivity contribution is 0.0890. The molecule has 0 spiro atoms. The van der Waals surface area contributed by atoms with Crippen molar-refractivity contribution in [3.63, 3.8) is 0 Å². The maximum atomic E-state index is 12.0. The highest BCUT2D eigenvalue weighted by atomic mass is 32.1. The average Bonchev–Trinajstić information content (AvgIpc) is 2.81. The van der Waals surface area contributed by atoms with Crippen molar-refractivity contribution in [3.05, 3.63) is 276 Å². The van der Waals surface area contributed by atoms with Crippen LogP contribution in [0.4, 0.5) is 5.69 Å². The first-order valence-electron chi connectivity index (χ1n) is 27.4. The minimum atomic E-state index is -0.253. The molecule has 19 heteroatoms. The number of nitrogens with one attached hydrogen (secondary N) is 1. The van der Waals surface area contributed by atoms with E-state index in [0.29, 0.717) is 44.4 Å². The molecule has 5 aromatic heterocycles. The second-order valence-corrected chi connectivity index (χ2v) is 19.7. The highest BCUT2D eigenvalue weighted by Gasteiger charge is 2.27. The van der Waals surface area contributed by atoms with Gasteiger partial charge in [-0.05, 0) is 99.1 Å². The molecule has 0 amide bonds. The fourth-order valence-electron chi connectivity index (χ4n) is 9.09. The van der Waals surface area contributed by atoms with E-state index in [1.54, 1.807) is 66.2 Å². The Labute approximate surface area is 509 Å². The summed E-state index contributed by atoms with van der Waals surface area (Å²) in [4.78, 5) is 52.1. The number of benzene rings is 9. The molecule has 1 aliphatic carbocycles. The molecule has 0 bridgehead atoms. The van der Waals surface area contributed by atoms with E-state index in [1.807, 2.05) is 111 Å². The second-order valence-electron chi connectivity index (χ2n) is 19.0. The quantitative estimate of drug-likeness (QED) is 0.128. The van der Waals surface area contributed by atoms with Crippen LogP contribution in [0.1, 0.15) is 27.1 Å². The van der Waals surface area contributed by atoms with Crippen LogP contribution in [0.5, 0.6) is 0 Å². The van der Waals surface area contributed by atoms with Crippen LogP contribution >= 0.6 is 11.3 Å². The van der Waals surface area contributed by atoms with Gasteiger partial charge in [-0.25, -0.2) is 9.97 Å². The Hall–Kier alpha value is -11.7. The summed E-state index contributed by atoms with van der Waals surface area (Å²) in [6.07, 6.45) is 16.7. The first-order chi connectivity index (χ1) is 43.2. The lowest BCUT2D eigenvalue weighted by atomic mass is 9.84. The van der Waals surface area contributed by atoms with E-state index in [4.69, 9.17) is 4.42 Å². The van der Waals surface area contributed by atoms with Crippen molar-refractivity contribution in [2.45, 2.75) is 6.42 Å². The molecule has 0 saturated heterocycles. The van der Waals surface area contributed by atoms with Crippen LogP contribution in [-0.4, -0.2) is 90.5 Å². The normalized spacial score (nSPS) is 11.8. The number of carbonyl (C=O) groups excluding carboxylic acids is 2. The number of aromatic nitrogens is 9. The topological polar surface area (TPSA) is 237 Å². The first kappa shape index (κ1) is 60.9. The van der Waals surface area contributed by atoms with Gasteiger partial charge in [0.05, 0.1) is 19.5 Å². The van der Waals surface area contributed by atoms with Gasteiger partial charge < -0.3 is 18.7 Å². The number of Topliss-reactive ketones (excluding diaryl/α,β-unsaturated/α-hetero) is 2. The van der Waals surface area contributed by atoms with Crippen molar-refractivity contribution in [1.29, 1.82) is 0 Å². The third kappa shape index (κ3) is 16.6. The monoisotopic (exact) mass is 1180 g/mol. The minimum Gasteiger partial charge on any atom is -0.431 e. The highest BCUT2D eigenvalue weighted by molar-refractivity contribution is 7.07. The van der Waals surface area contributed by atoms with Crippen molar-refractivity contribution >= 4 is 95.2 Å². The van der Waals surface area contributed by atoms with Gasteiger partial charge in [0.25, 0.3) is 5.56 Å². The number of para-hydroxylation sites is 1. The number of anilines is 1. The molecule has 1 N–H and O–H groups in total. The lowest BCUT2D eigenvalue weighted by Gasteiger charge is -2.17. The Morgan fingerprint density at radius 1 is 0.534 bits per heavy atom. The molecule has 0 atom stereocenters. The maximum absolute atomic E-state index is 12.0. The standard InChI is InChI=1S/C16H9NO3.C16H10.C14H10N2O.C8H11N.C4H4N2.C4H5N.C3H4N2.C2H2N2O.C2H2N2S/c1-7-8-2-3-9-12(18)6-13(19)10-4-5-11(16(20)17-7)14(8)15(9)10;1-3-11-7-9-13-5-2-6-14-10-8-12(4-1)15(11)16(13)14;1-3-7-11(8-4-1)13-15-16-14(17-13)12-9-5-2-6-10-12;1-9(2)8-6-4-3-5-7-8;1-2-5-4-6-3-1;2*1-2-4-5-3-1;2*1-3-4-2-5-1/h2-5H,1,6H2,(H,17,20);1-10H;1-10H;3-7H,1-2H3;1-4H;1-3H,4H2;1-2H,3H2;2*1-2H. The summed E-state index contributed by atoms with van der Waals surface area (Å²) in [5.74, 6) is 0.708. The summed E-state index contributed by atoms with van der Waals surface area (Å²) < 4.78 is 9.99. The fraction of sp³-hybridized carbons (Fsp3) is 0.0725. The molecule has 0 saturated carbocycles. The molecule has 18 nitrogen and oxygen atoms in total. The molecule has 9 aromatic carbocycles. The van der Waals surface area contributed by atoms with Gasteiger partial charge in [-0.15, -0.1) is 41.9 Å². The molecule has 7 heterocycles. The molecule has 0 unspecified atom stereocenters. The van der Waals surface area contributed by atoms with Crippen LogP contribution in [0.25, 0.3) is 83.3 Å². The smallest absolute Gasteiger partial charge is 0.256 e. The number of aliphatic imine (C=N–C) groups is 1. The van der Waals surface area contributed by atoms with Crippen molar-refractivity contribution in [3.8, 4) is 22.9 Å². The second kappa shape index (κ2) is 31.8. The van der Waals surface area contributed by atoms with Crippen LogP contribution in [0, 0.1) is 0 Å². The third-order valence-electron chi connectivity index (χ3n) is 13.1. The van der Waals surface area contributed by atoms with Gasteiger partial charge >= 0.3 is 0 Å². The van der Waals surface area contributed by atoms with Crippen LogP contribution in [-0.2, 0) is 0 Å². The molecular weight excluding hydrogens is 1120 g/mol. The Kier molecular flexibility index (Phi) is 22.0. The van der Waals surface area contributed by atoms with Gasteiger partial charge in [0.1, 0.15) is 17.3 Å². The predicted octanol–water partition coefficient (Wildman–Crippen LogP) is 14.0. The molecule has 3 aliphatic rings. The largest absolute Gasteiger partial charge is 0.431 e. The van der Waals surface area contributed by atoms with E-state index in [1.165, 1.54) is 68.5 Å². The molecule has 2 aliphatic heterocycles.